The minimum Gasteiger partial charge on any atom is -0.365 e. The van der Waals surface area contributed by atoms with Crippen molar-refractivity contribution in [2.24, 2.45) is 5.73 Å². The lowest BCUT2D eigenvalue weighted by Gasteiger charge is -2.02. The zero-order valence-electron chi connectivity index (χ0n) is 10.4. The van der Waals surface area contributed by atoms with Crippen LogP contribution in [0.15, 0.2) is 30.7 Å². The number of rotatable bonds is 6. The molecule has 104 valence electrons. The van der Waals surface area contributed by atoms with Gasteiger partial charge in [-0.05, 0) is 11.6 Å². The van der Waals surface area contributed by atoms with E-state index in [9.17, 15) is 9.59 Å². The van der Waals surface area contributed by atoms with E-state index in [1.807, 2.05) is 12.1 Å². The van der Waals surface area contributed by atoms with Crippen molar-refractivity contribution in [2.75, 3.05) is 11.1 Å². The maximum Gasteiger partial charge on any atom is 0.260 e. The third-order valence-corrected chi connectivity index (χ3v) is 4.15. The van der Waals surface area contributed by atoms with Gasteiger partial charge in [0.1, 0.15) is 4.88 Å². The second kappa shape index (κ2) is 7.01. The molecule has 0 bridgehead atoms. The minimum atomic E-state index is -0.547. The molecule has 0 spiro atoms. The van der Waals surface area contributed by atoms with Gasteiger partial charge in [0.2, 0.25) is 5.91 Å². The van der Waals surface area contributed by atoms with Crippen LogP contribution in [0, 0.1) is 0 Å². The summed E-state index contributed by atoms with van der Waals surface area (Å²) < 4.78 is 0. The Hall–Kier alpha value is -1.93. The first-order chi connectivity index (χ1) is 9.65. The lowest BCUT2D eigenvalue weighted by atomic mass is 10.3. The van der Waals surface area contributed by atoms with E-state index in [2.05, 4.69) is 15.3 Å². The molecule has 0 radical (unpaired) electrons. The van der Waals surface area contributed by atoms with Crippen LogP contribution < -0.4 is 11.1 Å². The zero-order chi connectivity index (χ0) is 14.4. The van der Waals surface area contributed by atoms with Crippen molar-refractivity contribution in [3.8, 4) is 0 Å². The maximum atomic E-state index is 11.7. The largest absolute Gasteiger partial charge is 0.365 e. The summed E-state index contributed by atoms with van der Waals surface area (Å²) >= 11 is 2.54. The number of thiazole rings is 1. The Balaban J connectivity index is 1.76. The number of hydrogen-bond donors (Lipinski definition) is 2. The molecule has 0 saturated heterocycles. The molecule has 2 aromatic heterocycles. The van der Waals surface area contributed by atoms with Gasteiger partial charge < -0.3 is 11.1 Å². The van der Waals surface area contributed by atoms with E-state index < -0.39 is 5.91 Å². The fourth-order valence-electron chi connectivity index (χ4n) is 1.35. The molecule has 3 N–H and O–H groups in total. The highest BCUT2D eigenvalue weighted by molar-refractivity contribution is 7.99. The van der Waals surface area contributed by atoms with Crippen molar-refractivity contribution < 1.29 is 9.59 Å². The average Bonchev–Trinajstić information content (AvgIpc) is 2.88. The normalized spacial score (nSPS) is 10.2. The summed E-state index contributed by atoms with van der Waals surface area (Å²) in [5, 5.41) is 3.01. The number of nitrogens with two attached hydrogens (primary N) is 1. The Bertz CT molecular complexity index is 601. The number of pyridine rings is 1. The molecule has 2 rings (SSSR count). The molecule has 0 aliphatic carbocycles. The quantitative estimate of drug-likeness (QED) is 0.843. The van der Waals surface area contributed by atoms with Crippen LogP contribution in [-0.4, -0.2) is 27.5 Å². The molecule has 6 nitrogen and oxygen atoms in total. The summed E-state index contributed by atoms with van der Waals surface area (Å²) in [7, 11) is 0. The molecular weight excluding hydrogens is 296 g/mol. The van der Waals surface area contributed by atoms with Gasteiger partial charge in [0.25, 0.3) is 5.91 Å². The Kier molecular flexibility index (Phi) is 5.08. The van der Waals surface area contributed by atoms with Crippen LogP contribution in [0.5, 0.6) is 0 Å². The first kappa shape index (κ1) is 14.5. The first-order valence-electron chi connectivity index (χ1n) is 5.67. The van der Waals surface area contributed by atoms with Gasteiger partial charge in [-0.25, -0.2) is 4.98 Å². The first-order valence-corrected chi connectivity index (χ1v) is 7.64. The summed E-state index contributed by atoms with van der Waals surface area (Å²) in [6.07, 6.45) is 4.83. The maximum absolute atomic E-state index is 11.7. The van der Waals surface area contributed by atoms with E-state index in [1.54, 1.807) is 12.4 Å². The molecular formula is C12H12N4O2S2. The van der Waals surface area contributed by atoms with Crippen LogP contribution in [0.2, 0.25) is 0 Å². The van der Waals surface area contributed by atoms with Crippen molar-refractivity contribution >= 4 is 40.0 Å². The van der Waals surface area contributed by atoms with E-state index in [1.165, 1.54) is 18.0 Å². The smallest absolute Gasteiger partial charge is 0.260 e. The van der Waals surface area contributed by atoms with Crippen LogP contribution in [0.1, 0.15) is 15.2 Å². The van der Waals surface area contributed by atoms with Crippen LogP contribution in [0.25, 0.3) is 0 Å². The number of thioether (sulfide) groups is 1. The average molecular weight is 308 g/mol. The monoisotopic (exact) mass is 308 g/mol. The molecule has 0 aromatic carbocycles. The summed E-state index contributed by atoms with van der Waals surface area (Å²) in [4.78, 5) is 30.8. The predicted molar refractivity (Wildman–Crippen MR) is 79.7 cm³/mol. The number of hydrogen-bond acceptors (Lipinski definition) is 6. The Morgan fingerprint density at radius 3 is 2.90 bits per heavy atom. The third-order valence-electron chi connectivity index (χ3n) is 2.22. The summed E-state index contributed by atoms with van der Waals surface area (Å²) in [5.74, 6) is 0.310. The number of nitrogens with zero attached hydrogens (tertiary/aromatic N) is 2. The number of nitrogens with one attached hydrogen (secondary N) is 1. The number of amides is 2. The third kappa shape index (κ3) is 4.32. The van der Waals surface area contributed by atoms with Crippen molar-refractivity contribution in [1.29, 1.82) is 0 Å². The van der Waals surface area contributed by atoms with Gasteiger partial charge in [-0.3, -0.25) is 14.6 Å². The molecule has 0 unspecified atom stereocenters. The van der Waals surface area contributed by atoms with Crippen LogP contribution in [0.4, 0.5) is 5.13 Å². The van der Waals surface area contributed by atoms with Crippen molar-refractivity contribution in [1.82, 2.24) is 9.97 Å². The second-order valence-corrected chi connectivity index (χ2v) is 5.81. The minimum absolute atomic E-state index is 0.163. The topological polar surface area (TPSA) is 98.0 Å². The summed E-state index contributed by atoms with van der Waals surface area (Å²) in [6.45, 7) is 0. The second-order valence-electron chi connectivity index (χ2n) is 3.80. The molecule has 8 heteroatoms. The van der Waals surface area contributed by atoms with E-state index in [-0.39, 0.29) is 5.91 Å². The Labute approximate surface area is 123 Å². The van der Waals surface area contributed by atoms with Crippen molar-refractivity contribution in [3.63, 3.8) is 0 Å². The molecule has 2 heterocycles. The zero-order valence-corrected chi connectivity index (χ0v) is 12.0. The molecule has 20 heavy (non-hydrogen) atoms. The fourth-order valence-corrected chi connectivity index (χ4v) is 2.80. The molecule has 0 fully saturated rings. The van der Waals surface area contributed by atoms with E-state index in [0.29, 0.717) is 21.5 Å². The highest BCUT2D eigenvalue weighted by atomic mass is 32.2. The van der Waals surface area contributed by atoms with Crippen molar-refractivity contribution in [2.45, 2.75) is 5.75 Å². The van der Waals surface area contributed by atoms with Gasteiger partial charge >= 0.3 is 0 Å². The van der Waals surface area contributed by atoms with Crippen LogP contribution in [0.3, 0.4) is 0 Å². The van der Waals surface area contributed by atoms with Gasteiger partial charge in [0.15, 0.2) is 5.13 Å². The SMILES string of the molecule is NC(=O)c1cnc(NC(=O)CSCc2cccnc2)s1. The predicted octanol–water partition coefficient (Wildman–Crippen LogP) is 1.51. The van der Waals surface area contributed by atoms with Gasteiger partial charge in [-0.15, -0.1) is 11.8 Å². The van der Waals surface area contributed by atoms with Gasteiger partial charge in [0.05, 0.1) is 11.9 Å². The fraction of sp³-hybridized carbons (Fsp3) is 0.167. The molecule has 0 atom stereocenters. The Morgan fingerprint density at radius 1 is 1.40 bits per heavy atom. The Morgan fingerprint density at radius 2 is 2.25 bits per heavy atom. The molecule has 0 saturated carbocycles. The van der Waals surface area contributed by atoms with Crippen LogP contribution >= 0.6 is 23.1 Å². The molecule has 0 aliphatic heterocycles. The van der Waals surface area contributed by atoms with Crippen molar-refractivity contribution in [3.05, 3.63) is 41.2 Å². The van der Waals surface area contributed by atoms with E-state index >= 15 is 0 Å². The van der Waals surface area contributed by atoms with Gasteiger partial charge in [-0.2, -0.15) is 0 Å². The number of carbonyl (C=O) groups is 2. The molecule has 0 aliphatic rings. The number of aromatic nitrogens is 2. The highest BCUT2D eigenvalue weighted by Crippen LogP contribution is 2.18. The van der Waals surface area contributed by atoms with Gasteiger partial charge in [-0.1, -0.05) is 17.4 Å². The number of carbonyl (C=O) groups excluding carboxylic acids is 2. The van der Waals surface area contributed by atoms with E-state index in [0.717, 1.165) is 16.9 Å². The number of anilines is 1. The highest BCUT2D eigenvalue weighted by Gasteiger charge is 2.09. The molecule has 2 aromatic rings. The van der Waals surface area contributed by atoms with Crippen LogP contribution in [-0.2, 0) is 10.5 Å². The lowest BCUT2D eigenvalue weighted by molar-refractivity contribution is -0.113. The summed E-state index contributed by atoms with van der Waals surface area (Å²) in [6, 6.07) is 3.81. The standard InChI is InChI=1S/C12H12N4O2S2/c13-11(18)9-5-15-12(20-9)16-10(17)7-19-6-8-2-1-3-14-4-8/h1-5H,6-7H2,(H2,13,18)(H,15,16,17). The number of primary amides is 1. The van der Waals surface area contributed by atoms with E-state index in [4.69, 9.17) is 5.73 Å². The lowest BCUT2D eigenvalue weighted by Crippen LogP contribution is -2.13. The van der Waals surface area contributed by atoms with Gasteiger partial charge in [0, 0.05) is 18.1 Å². The summed E-state index contributed by atoms with van der Waals surface area (Å²) in [5.41, 5.74) is 6.18. The molecule has 2 amide bonds.